The van der Waals surface area contributed by atoms with Crippen molar-refractivity contribution in [3.63, 3.8) is 0 Å². The summed E-state index contributed by atoms with van der Waals surface area (Å²) in [5, 5.41) is 11.3. The lowest BCUT2D eigenvalue weighted by molar-refractivity contribution is 0.0203. The molecule has 1 atom stereocenters. The second-order valence-corrected chi connectivity index (χ2v) is 7.78. The quantitative estimate of drug-likeness (QED) is 0.396. The van der Waals surface area contributed by atoms with Crippen molar-refractivity contribution in [2.45, 2.75) is 38.1 Å². The number of hydrogen-bond acceptors (Lipinski definition) is 5. The first-order chi connectivity index (χ1) is 13.7. The van der Waals surface area contributed by atoms with Gasteiger partial charge < -0.3 is 25.0 Å². The van der Waals surface area contributed by atoms with Gasteiger partial charge in [-0.15, -0.1) is 0 Å². The number of piperidine rings is 1. The summed E-state index contributed by atoms with van der Waals surface area (Å²) in [4.78, 5) is 6.77. The monoisotopic (exact) mass is 392 g/mol. The highest BCUT2D eigenvalue weighted by molar-refractivity contribution is 5.80. The summed E-state index contributed by atoms with van der Waals surface area (Å²) in [5.74, 6) is 1.55. The van der Waals surface area contributed by atoms with Gasteiger partial charge in [0.1, 0.15) is 0 Å². The minimum Gasteiger partial charge on any atom is -0.381 e. The third-order valence-corrected chi connectivity index (χ3v) is 5.49. The smallest absolute Gasteiger partial charge is 0.191 e. The molecule has 28 heavy (non-hydrogen) atoms. The molecular weight excluding hydrogens is 356 g/mol. The summed E-state index contributed by atoms with van der Waals surface area (Å²) >= 11 is 0. The van der Waals surface area contributed by atoms with E-state index in [4.69, 9.17) is 9.47 Å². The van der Waals surface area contributed by atoms with Crippen LogP contribution in [-0.4, -0.2) is 74.9 Å². The number of guanidine groups is 1. The minimum atomic E-state index is 0.393. The Morgan fingerprint density at radius 3 is 2.96 bits per heavy atom. The number of anilines is 1. The largest absolute Gasteiger partial charge is 0.381 e. The number of aliphatic imine (C=N–C) groups is 1. The average molecular weight is 393 g/mol. The van der Waals surface area contributed by atoms with Crippen molar-refractivity contribution in [2.24, 2.45) is 18.0 Å². The Balaban J connectivity index is 1.30. The van der Waals surface area contributed by atoms with Crippen LogP contribution in [0.2, 0.25) is 0 Å². The second kappa shape index (κ2) is 11.3. The number of rotatable bonds is 8. The molecule has 1 aromatic heterocycles. The van der Waals surface area contributed by atoms with E-state index >= 15 is 0 Å². The molecule has 0 aromatic carbocycles. The number of nitrogens with zero attached hydrogens (tertiary/aromatic N) is 4. The molecule has 0 amide bonds. The van der Waals surface area contributed by atoms with Crippen molar-refractivity contribution in [3.05, 3.63) is 12.4 Å². The lowest BCUT2D eigenvalue weighted by atomic mass is 10.0. The zero-order valence-electron chi connectivity index (χ0n) is 17.4. The van der Waals surface area contributed by atoms with Gasteiger partial charge in [0.25, 0.3) is 0 Å². The van der Waals surface area contributed by atoms with Crippen LogP contribution in [0.15, 0.2) is 17.4 Å². The van der Waals surface area contributed by atoms with Crippen LogP contribution in [0.5, 0.6) is 0 Å². The topological polar surface area (TPSA) is 75.9 Å². The van der Waals surface area contributed by atoms with E-state index < -0.39 is 0 Å². The molecule has 2 aliphatic heterocycles. The maximum atomic E-state index is 5.83. The molecule has 2 aliphatic rings. The summed E-state index contributed by atoms with van der Waals surface area (Å²) in [7, 11) is 3.79. The molecular formula is C20H36N6O2. The first-order valence-electron chi connectivity index (χ1n) is 10.6. The Morgan fingerprint density at radius 1 is 1.36 bits per heavy atom. The van der Waals surface area contributed by atoms with E-state index in [9.17, 15) is 0 Å². The highest BCUT2D eigenvalue weighted by atomic mass is 16.5. The maximum Gasteiger partial charge on any atom is 0.191 e. The fourth-order valence-corrected chi connectivity index (χ4v) is 3.83. The zero-order valence-corrected chi connectivity index (χ0v) is 17.4. The predicted molar refractivity (Wildman–Crippen MR) is 112 cm³/mol. The van der Waals surface area contributed by atoms with E-state index in [2.05, 4.69) is 31.8 Å². The van der Waals surface area contributed by atoms with Crippen molar-refractivity contribution in [1.29, 1.82) is 0 Å². The lowest BCUT2D eigenvalue weighted by Crippen LogP contribution is -2.51. The Labute approximate surface area is 168 Å². The third-order valence-electron chi connectivity index (χ3n) is 5.49. The summed E-state index contributed by atoms with van der Waals surface area (Å²) in [6, 6.07) is 0.393. The molecule has 158 valence electrons. The van der Waals surface area contributed by atoms with Crippen molar-refractivity contribution in [3.8, 4) is 0 Å². The molecule has 0 saturated carbocycles. The van der Waals surface area contributed by atoms with Gasteiger partial charge in [-0.1, -0.05) is 0 Å². The fourth-order valence-electron chi connectivity index (χ4n) is 3.83. The van der Waals surface area contributed by atoms with Crippen molar-refractivity contribution in [2.75, 3.05) is 58.0 Å². The molecule has 0 bridgehead atoms. The molecule has 0 radical (unpaired) electrons. The number of ether oxygens (including phenoxy) is 2. The molecule has 3 heterocycles. The van der Waals surface area contributed by atoms with Crippen molar-refractivity contribution >= 4 is 11.6 Å². The summed E-state index contributed by atoms with van der Waals surface area (Å²) < 4.78 is 13.1. The lowest BCUT2D eigenvalue weighted by Gasteiger charge is -2.34. The summed E-state index contributed by atoms with van der Waals surface area (Å²) in [5.41, 5.74) is 1.19. The van der Waals surface area contributed by atoms with Gasteiger partial charge in [-0.25, -0.2) is 0 Å². The standard InChI is InChI=1S/C20H36N6O2/c1-21-20(22-8-4-10-28-16-17-6-11-27-12-7-17)24-18-5-3-9-26(14-18)19-13-23-25(2)15-19/h13,15,17-18H,3-12,14,16H2,1-2H3,(H2,21,22,24). The Morgan fingerprint density at radius 2 is 2.21 bits per heavy atom. The Kier molecular flexibility index (Phi) is 8.42. The normalized spacial score (nSPS) is 21.7. The first kappa shape index (κ1) is 20.9. The second-order valence-electron chi connectivity index (χ2n) is 7.78. The van der Waals surface area contributed by atoms with Gasteiger partial charge in [-0.05, 0) is 38.0 Å². The molecule has 8 heteroatoms. The Hall–Kier alpha value is -1.80. The van der Waals surface area contributed by atoms with Crippen LogP contribution in [-0.2, 0) is 16.5 Å². The first-order valence-corrected chi connectivity index (χ1v) is 10.6. The molecule has 2 fully saturated rings. The van der Waals surface area contributed by atoms with Crippen LogP contribution < -0.4 is 15.5 Å². The minimum absolute atomic E-state index is 0.393. The summed E-state index contributed by atoms with van der Waals surface area (Å²) in [6.45, 7) is 6.35. The molecule has 8 nitrogen and oxygen atoms in total. The van der Waals surface area contributed by atoms with E-state index in [1.54, 1.807) is 0 Å². The van der Waals surface area contributed by atoms with Gasteiger partial charge in [-0.3, -0.25) is 9.67 Å². The van der Waals surface area contributed by atoms with Gasteiger partial charge >= 0.3 is 0 Å². The van der Waals surface area contributed by atoms with Crippen molar-refractivity contribution in [1.82, 2.24) is 20.4 Å². The maximum absolute atomic E-state index is 5.83. The molecule has 2 saturated heterocycles. The fraction of sp³-hybridized carbons (Fsp3) is 0.800. The van der Waals surface area contributed by atoms with Crippen LogP contribution in [0.3, 0.4) is 0 Å². The highest BCUT2D eigenvalue weighted by Crippen LogP contribution is 2.19. The zero-order chi connectivity index (χ0) is 19.6. The van der Waals surface area contributed by atoms with Crippen LogP contribution >= 0.6 is 0 Å². The van der Waals surface area contributed by atoms with E-state index in [1.165, 1.54) is 12.1 Å². The molecule has 0 spiro atoms. The molecule has 1 unspecified atom stereocenters. The number of aromatic nitrogens is 2. The highest BCUT2D eigenvalue weighted by Gasteiger charge is 2.21. The van der Waals surface area contributed by atoms with E-state index in [1.807, 2.05) is 25.0 Å². The van der Waals surface area contributed by atoms with Gasteiger partial charge in [0.15, 0.2) is 5.96 Å². The SMILES string of the molecule is CN=C(NCCCOCC1CCOCC1)NC1CCCN(c2cnn(C)c2)C1. The van der Waals surface area contributed by atoms with Crippen LogP contribution in [0.4, 0.5) is 5.69 Å². The third kappa shape index (κ3) is 6.67. The number of nitrogens with one attached hydrogen (secondary N) is 2. The Bertz CT molecular complexity index is 599. The number of aryl methyl sites for hydroxylation is 1. The van der Waals surface area contributed by atoms with E-state index in [0.29, 0.717) is 12.0 Å². The molecule has 0 aliphatic carbocycles. The van der Waals surface area contributed by atoms with Crippen LogP contribution in [0.25, 0.3) is 0 Å². The van der Waals surface area contributed by atoms with Gasteiger partial charge in [0.2, 0.25) is 0 Å². The van der Waals surface area contributed by atoms with Crippen molar-refractivity contribution < 1.29 is 9.47 Å². The summed E-state index contributed by atoms with van der Waals surface area (Å²) in [6.07, 6.45) is 9.59. The van der Waals surface area contributed by atoms with Gasteiger partial charge in [-0.2, -0.15) is 5.10 Å². The number of hydrogen-bond donors (Lipinski definition) is 2. The van der Waals surface area contributed by atoms with E-state index in [0.717, 1.165) is 77.7 Å². The molecule has 3 rings (SSSR count). The van der Waals surface area contributed by atoms with E-state index in [-0.39, 0.29) is 0 Å². The van der Waals surface area contributed by atoms with Crippen LogP contribution in [0, 0.1) is 5.92 Å². The average Bonchev–Trinajstić information content (AvgIpc) is 3.17. The van der Waals surface area contributed by atoms with Gasteiger partial charge in [0, 0.05) is 72.4 Å². The molecule has 2 N–H and O–H groups in total. The van der Waals surface area contributed by atoms with Crippen LogP contribution in [0.1, 0.15) is 32.1 Å². The van der Waals surface area contributed by atoms with Gasteiger partial charge in [0.05, 0.1) is 11.9 Å². The molecule has 1 aromatic rings. The predicted octanol–water partition coefficient (Wildman–Crippen LogP) is 1.39.